The van der Waals surface area contributed by atoms with E-state index in [4.69, 9.17) is 29.2 Å². The summed E-state index contributed by atoms with van der Waals surface area (Å²) >= 11 is 9.77. The van der Waals surface area contributed by atoms with Crippen LogP contribution < -0.4 is 15.9 Å². The number of hydrogen-bond donors (Lipinski definition) is 6. The first kappa shape index (κ1) is 23.9. The van der Waals surface area contributed by atoms with Gasteiger partial charge in [-0.3, -0.25) is 19.6 Å². The lowest BCUT2D eigenvalue weighted by molar-refractivity contribution is 0.0734. The molecule has 0 bridgehead atoms. The van der Waals surface area contributed by atoms with Crippen molar-refractivity contribution in [3.63, 3.8) is 0 Å². The fourth-order valence-electron chi connectivity index (χ4n) is 3.65. The maximum absolute atomic E-state index is 12.7. The Morgan fingerprint density at radius 3 is 1.89 bits per heavy atom. The molecule has 0 saturated carbocycles. The fraction of sp³-hybridized carbons (Fsp3) is 0.0870. The van der Waals surface area contributed by atoms with E-state index in [0.717, 1.165) is 5.56 Å². The first-order valence-electron chi connectivity index (χ1n) is 10.1. The molecule has 0 aliphatic rings. The van der Waals surface area contributed by atoms with E-state index in [1.165, 1.54) is 24.3 Å². The van der Waals surface area contributed by atoms with Crippen LogP contribution in [0.1, 0.15) is 38.5 Å². The largest absolute Gasteiger partial charge is 0.494 e. The molecule has 6 N–H and O–H groups in total. The molecular weight excluding hydrogens is 492 g/mol. The van der Waals surface area contributed by atoms with E-state index >= 15 is 0 Å². The summed E-state index contributed by atoms with van der Waals surface area (Å²) in [4.78, 5) is 47.5. The van der Waals surface area contributed by atoms with Crippen molar-refractivity contribution >= 4 is 30.4 Å². The Kier molecular flexibility index (Phi) is 6.49. The highest BCUT2D eigenvalue weighted by atomic mass is 32.1. The van der Waals surface area contributed by atoms with Crippen LogP contribution in [-0.4, -0.2) is 36.1 Å². The van der Waals surface area contributed by atoms with Crippen molar-refractivity contribution in [1.82, 2.24) is 19.9 Å². The number of hydrogen-bond acceptors (Lipinski definition) is 8. The molecule has 0 saturated heterocycles. The zero-order valence-corrected chi connectivity index (χ0v) is 19.7. The van der Waals surface area contributed by atoms with Gasteiger partial charge in [0, 0.05) is 0 Å². The molecule has 0 aliphatic heterocycles. The average molecular weight is 511 g/mol. The number of aromatic hydroxyl groups is 2. The van der Waals surface area contributed by atoms with Crippen LogP contribution in [0.15, 0.2) is 58.1 Å². The summed E-state index contributed by atoms with van der Waals surface area (Å²) in [6.07, 6.45) is 0. The predicted molar refractivity (Wildman–Crippen MR) is 131 cm³/mol. The molecule has 0 radical (unpaired) electrons. The normalized spacial score (nSPS) is 10.9. The van der Waals surface area contributed by atoms with E-state index in [2.05, 4.69) is 19.9 Å². The SMILES string of the molecule is Cc1cccc(C(=O)Oc2ccc(C(c3c(O)[nH]c(=S)[nH]c3=O)c3c(O)[nH]c(=S)[nH]c3=O)cc2)c1. The summed E-state index contributed by atoms with van der Waals surface area (Å²) < 4.78 is 5.16. The van der Waals surface area contributed by atoms with Crippen LogP contribution in [-0.2, 0) is 0 Å². The molecule has 10 nitrogen and oxygen atoms in total. The number of ether oxygens (including phenoxy) is 1. The third-order valence-electron chi connectivity index (χ3n) is 5.17. The van der Waals surface area contributed by atoms with Crippen LogP contribution in [0.2, 0.25) is 0 Å². The van der Waals surface area contributed by atoms with Crippen LogP contribution in [0.25, 0.3) is 0 Å². The molecule has 0 aliphatic carbocycles. The molecule has 0 atom stereocenters. The van der Waals surface area contributed by atoms with Crippen molar-refractivity contribution in [2.75, 3.05) is 0 Å². The maximum Gasteiger partial charge on any atom is 0.343 e. The number of H-pyrrole nitrogens is 4. The molecule has 0 amide bonds. The Labute approximate surface area is 206 Å². The van der Waals surface area contributed by atoms with Crippen molar-refractivity contribution in [2.45, 2.75) is 12.8 Å². The maximum atomic E-state index is 12.7. The number of nitrogens with one attached hydrogen (secondary N) is 4. The molecule has 35 heavy (non-hydrogen) atoms. The second kappa shape index (κ2) is 9.52. The lowest BCUT2D eigenvalue weighted by Gasteiger charge is -2.19. The monoisotopic (exact) mass is 510 g/mol. The standard InChI is InChI=1S/C23H18N4O6S2/c1-10-3-2-4-12(9-10)21(32)33-13-7-5-11(6-8-13)14(15-17(28)24-22(34)25-18(15)29)16-19(30)26-23(35)27-20(16)31/h2-9,14H,1H3,(H3,24,25,28,29,34)(H3,26,27,30,31,35). The fourth-order valence-corrected chi connectivity index (χ4v) is 4.03. The quantitative estimate of drug-likeness (QED) is 0.135. The Morgan fingerprint density at radius 1 is 0.857 bits per heavy atom. The summed E-state index contributed by atoms with van der Waals surface area (Å²) in [5.41, 5.74) is -0.489. The van der Waals surface area contributed by atoms with Crippen molar-refractivity contribution < 1.29 is 19.7 Å². The number of rotatable bonds is 5. The minimum absolute atomic E-state index is 0.126. The van der Waals surface area contributed by atoms with Gasteiger partial charge < -0.3 is 24.9 Å². The highest BCUT2D eigenvalue weighted by Gasteiger charge is 2.29. The topological polar surface area (TPSA) is 164 Å². The van der Waals surface area contributed by atoms with E-state index in [0.29, 0.717) is 11.1 Å². The number of aryl methyl sites for hydroxylation is 1. The third-order valence-corrected chi connectivity index (χ3v) is 5.58. The van der Waals surface area contributed by atoms with Gasteiger partial charge in [-0.05, 0) is 61.2 Å². The molecule has 178 valence electrons. The summed E-state index contributed by atoms with van der Waals surface area (Å²) in [6.45, 7) is 1.85. The van der Waals surface area contributed by atoms with E-state index < -0.39 is 34.8 Å². The zero-order chi connectivity index (χ0) is 25.3. The minimum Gasteiger partial charge on any atom is -0.494 e. The number of benzene rings is 2. The average Bonchev–Trinajstić information content (AvgIpc) is 2.77. The molecule has 0 fully saturated rings. The van der Waals surface area contributed by atoms with Gasteiger partial charge in [0.15, 0.2) is 21.3 Å². The predicted octanol–water partition coefficient (Wildman–Crippen LogP) is 3.30. The van der Waals surface area contributed by atoms with Crippen LogP contribution in [0, 0.1) is 16.5 Å². The smallest absolute Gasteiger partial charge is 0.343 e. The minimum atomic E-state index is -1.25. The molecule has 12 heteroatoms. The Balaban J connectivity index is 1.80. The number of aromatic nitrogens is 4. The lowest BCUT2D eigenvalue weighted by Crippen LogP contribution is -2.25. The summed E-state index contributed by atoms with van der Waals surface area (Å²) in [5, 5.41) is 21.0. The van der Waals surface area contributed by atoms with Crippen molar-refractivity contribution in [2.24, 2.45) is 0 Å². The highest BCUT2D eigenvalue weighted by Crippen LogP contribution is 2.35. The molecule has 4 rings (SSSR count). The summed E-state index contributed by atoms with van der Waals surface area (Å²) in [7, 11) is 0. The molecular formula is C23H18N4O6S2. The molecule has 4 aromatic rings. The van der Waals surface area contributed by atoms with E-state index in [1.54, 1.807) is 18.2 Å². The first-order valence-corrected chi connectivity index (χ1v) is 11.0. The highest BCUT2D eigenvalue weighted by molar-refractivity contribution is 7.71. The molecule has 2 aromatic heterocycles. The van der Waals surface area contributed by atoms with Gasteiger partial charge in [0.1, 0.15) is 5.75 Å². The van der Waals surface area contributed by atoms with Crippen LogP contribution >= 0.6 is 24.4 Å². The van der Waals surface area contributed by atoms with Crippen LogP contribution in [0.3, 0.4) is 0 Å². The lowest BCUT2D eigenvalue weighted by atomic mass is 9.87. The zero-order valence-electron chi connectivity index (χ0n) is 18.0. The van der Waals surface area contributed by atoms with Gasteiger partial charge in [-0.2, -0.15) is 0 Å². The Morgan fingerprint density at radius 2 is 1.40 bits per heavy atom. The van der Waals surface area contributed by atoms with Gasteiger partial charge >= 0.3 is 5.97 Å². The second-order valence-corrected chi connectivity index (χ2v) is 8.42. The Bertz CT molecular complexity index is 1590. The molecule has 0 spiro atoms. The van der Waals surface area contributed by atoms with Crippen LogP contribution in [0.4, 0.5) is 0 Å². The summed E-state index contributed by atoms with van der Waals surface area (Å²) in [6, 6.07) is 12.8. The second-order valence-electron chi connectivity index (χ2n) is 7.60. The number of carbonyl (C=O) groups is 1. The van der Waals surface area contributed by atoms with E-state index in [-0.39, 0.29) is 26.4 Å². The van der Waals surface area contributed by atoms with E-state index in [9.17, 15) is 24.6 Å². The first-order chi connectivity index (χ1) is 16.6. The molecule has 2 heterocycles. The number of aromatic amines is 4. The van der Waals surface area contributed by atoms with Gasteiger partial charge in [-0.1, -0.05) is 29.8 Å². The van der Waals surface area contributed by atoms with Gasteiger partial charge in [0.2, 0.25) is 0 Å². The van der Waals surface area contributed by atoms with Gasteiger partial charge in [-0.15, -0.1) is 0 Å². The van der Waals surface area contributed by atoms with Crippen LogP contribution in [0.5, 0.6) is 17.5 Å². The van der Waals surface area contributed by atoms with Gasteiger partial charge in [-0.25, -0.2) is 4.79 Å². The summed E-state index contributed by atoms with van der Waals surface area (Å²) in [5.74, 6) is -2.77. The molecule has 0 unspecified atom stereocenters. The third kappa shape index (κ3) is 4.98. The number of esters is 1. The van der Waals surface area contributed by atoms with Gasteiger partial charge in [0.05, 0.1) is 22.6 Å². The van der Waals surface area contributed by atoms with Gasteiger partial charge in [0.25, 0.3) is 11.1 Å². The van der Waals surface area contributed by atoms with Crippen molar-refractivity contribution in [3.05, 3.63) is 107 Å². The number of carbonyl (C=O) groups excluding carboxylic acids is 1. The van der Waals surface area contributed by atoms with E-state index in [1.807, 2.05) is 13.0 Å². The Hall–Kier alpha value is -4.29. The van der Waals surface area contributed by atoms with Crippen molar-refractivity contribution in [1.29, 1.82) is 0 Å². The molecule has 2 aromatic carbocycles. The van der Waals surface area contributed by atoms with Crippen molar-refractivity contribution in [3.8, 4) is 17.5 Å².